The third-order valence-electron chi connectivity index (χ3n) is 4.35. The molecule has 1 aliphatic rings. The molecule has 0 atom stereocenters. The Kier molecular flexibility index (Phi) is 6.53. The van der Waals surface area contributed by atoms with E-state index in [2.05, 4.69) is 4.99 Å². The minimum Gasteiger partial charge on any atom is -0.422 e. The lowest BCUT2D eigenvalue weighted by atomic mass is 10.1. The molecule has 0 spiro atoms. The quantitative estimate of drug-likeness (QED) is 0.220. The summed E-state index contributed by atoms with van der Waals surface area (Å²) in [4.78, 5) is 29.2. The van der Waals surface area contributed by atoms with Crippen LogP contribution in [0.3, 0.4) is 0 Å². The molecule has 0 fully saturated rings. The van der Waals surface area contributed by atoms with Crippen LogP contribution in [0.4, 0.5) is 0 Å². The summed E-state index contributed by atoms with van der Waals surface area (Å²) in [6, 6.07) is 15.8. The number of aliphatic imine (C=N–C) groups is 1. The number of cyclic esters (lactones) is 1. The first-order valence-electron chi connectivity index (χ1n) is 9.06. The van der Waals surface area contributed by atoms with Crippen molar-refractivity contribution >= 4 is 70.3 Å². The van der Waals surface area contributed by atoms with Crippen LogP contribution in [0.2, 0.25) is 20.1 Å². The molecule has 0 N–H and O–H groups in total. The van der Waals surface area contributed by atoms with Crippen molar-refractivity contribution in [1.82, 2.24) is 0 Å². The number of esters is 2. The van der Waals surface area contributed by atoms with Crippen LogP contribution in [0.15, 0.2) is 71.4 Å². The van der Waals surface area contributed by atoms with Crippen molar-refractivity contribution in [3.63, 3.8) is 0 Å². The van der Waals surface area contributed by atoms with Crippen LogP contribution < -0.4 is 4.74 Å². The van der Waals surface area contributed by atoms with Gasteiger partial charge in [-0.1, -0.05) is 64.6 Å². The van der Waals surface area contributed by atoms with Crippen molar-refractivity contribution in [2.75, 3.05) is 0 Å². The Morgan fingerprint density at radius 2 is 1.59 bits per heavy atom. The summed E-state index contributed by atoms with van der Waals surface area (Å²) >= 11 is 24.0. The van der Waals surface area contributed by atoms with Crippen molar-refractivity contribution in [3.05, 3.63) is 103 Å². The van der Waals surface area contributed by atoms with Crippen LogP contribution in [0, 0.1) is 0 Å². The first-order valence-corrected chi connectivity index (χ1v) is 10.6. The molecule has 0 unspecified atom stereocenters. The molecule has 1 heterocycles. The molecule has 32 heavy (non-hydrogen) atoms. The zero-order valence-corrected chi connectivity index (χ0v) is 19.0. The second-order valence-electron chi connectivity index (χ2n) is 6.51. The number of benzene rings is 3. The van der Waals surface area contributed by atoms with Crippen molar-refractivity contribution in [1.29, 1.82) is 0 Å². The van der Waals surface area contributed by atoms with Crippen molar-refractivity contribution in [2.45, 2.75) is 0 Å². The van der Waals surface area contributed by atoms with Gasteiger partial charge in [-0.3, -0.25) is 0 Å². The highest BCUT2D eigenvalue weighted by molar-refractivity contribution is 6.37. The van der Waals surface area contributed by atoms with Gasteiger partial charge >= 0.3 is 11.9 Å². The van der Waals surface area contributed by atoms with Crippen LogP contribution in [0.5, 0.6) is 5.75 Å². The molecule has 0 aliphatic carbocycles. The van der Waals surface area contributed by atoms with E-state index in [1.165, 1.54) is 30.3 Å². The fourth-order valence-electron chi connectivity index (χ4n) is 2.84. The molecule has 0 saturated heterocycles. The molecule has 160 valence electrons. The Labute approximate surface area is 202 Å². The second kappa shape index (κ2) is 9.35. The molecule has 0 amide bonds. The van der Waals surface area contributed by atoms with Crippen molar-refractivity contribution in [3.8, 4) is 5.75 Å². The Hall–Kier alpha value is -2.83. The van der Waals surface area contributed by atoms with Gasteiger partial charge in [0.15, 0.2) is 5.70 Å². The van der Waals surface area contributed by atoms with Crippen LogP contribution in [0.1, 0.15) is 21.5 Å². The highest BCUT2D eigenvalue weighted by Crippen LogP contribution is 2.29. The highest BCUT2D eigenvalue weighted by atomic mass is 35.5. The summed E-state index contributed by atoms with van der Waals surface area (Å²) in [5.74, 6) is -1.10. The zero-order valence-electron chi connectivity index (χ0n) is 15.9. The topological polar surface area (TPSA) is 65.0 Å². The van der Waals surface area contributed by atoms with Gasteiger partial charge in [0.1, 0.15) is 5.75 Å². The minimum absolute atomic E-state index is 0.0130. The van der Waals surface area contributed by atoms with Gasteiger partial charge in [0.05, 0.1) is 21.2 Å². The lowest BCUT2D eigenvalue weighted by molar-refractivity contribution is -0.129. The number of hydrogen-bond donors (Lipinski definition) is 0. The SMILES string of the molecule is O=C1OC(c2ccc(Cl)cc2Cl)=N/C1=C/c1ccccc1OC(=O)c1ccc(Cl)cc1Cl. The molecule has 5 nitrogen and oxygen atoms in total. The second-order valence-corrected chi connectivity index (χ2v) is 8.20. The molecule has 1 aliphatic heterocycles. The van der Waals surface area contributed by atoms with E-state index in [4.69, 9.17) is 55.9 Å². The first kappa shape index (κ1) is 22.4. The lowest BCUT2D eigenvalue weighted by Gasteiger charge is -2.09. The molecule has 0 radical (unpaired) electrons. The Morgan fingerprint density at radius 3 is 2.31 bits per heavy atom. The van der Waals surface area contributed by atoms with E-state index in [9.17, 15) is 9.59 Å². The number of para-hydroxylation sites is 1. The van der Waals surface area contributed by atoms with Gasteiger partial charge in [0.2, 0.25) is 5.90 Å². The van der Waals surface area contributed by atoms with E-state index in [-0.39, 0.29) is 27.9 Å². The molecule has 3 aromatic carbocycles. The van der Waals surface area contributed by atoms with Crippen LogP contribution in [-0.2, 0) is 9.53 Å². The maximum absolute atomic E-state index is 12.6. The number of carbonyl (C=O) groups excluding carboxylic acids is 2. The number of nitrogens with zero attached hydrogens (tertiary/aromatic N) is 1. The average molecular weight is 507 g/mol. The smallest absolute Gasteiger partial charge is 0.363 e. The summed E-state index contributed by atoms with van der Waals surface area (Å²) in [5, 5.41) is 1.29. The molecular formula is C23H11Cl4NO4. The summed E-state index contributed by atoms with van der Waals surface area (Å²) in [7, 11) is 0. The number of hydrogen-bond acceptors (Lipinski definition) is 5. The summed E-state index contributed by atoms with van der Waals surface area (Å²) in [6.45, 7) is 0. The molecule has 4 rings (SSSR count). The van der Waals surface area contributed by atoms with Gasteiger partial charge < -0.3 is 9.47 Å². The van der Waals surface area contributed by atoms with Gasteiger partial charge in [0, 0.05) is 15.6 Å². The van der Waals surface area contributed by atoms with Crippen LogP contribution in [-0.4, -0.2) is 17.8 Å². The van der Waals surface area contributed by atoms with E-state index in [1.54, 1.807) is 36.4 Å². The Balaban J connectivity index is 1.64. The van der Waals surface area contributed by atoms with E-state index in [0.717, 1.165) is 0 Å². The third-order valence-corrected chi connectivity index (χ3v) is 5.44. The van der Waals surface area contributed by atoms with Gasteiger partial charge in [-0.15, -0.1) is 0 Å². The van der Waals surface area contributed by atoms with Gasteiger partial charge in [0.25, 0.3) is 0 Å². The van der Waals surface area contributed by atoms with E-state index >= 15 is 0 Å². The fraction of sp³-hybridized carbons (Fsp3) is 0. The molecule has 0 saturated carbocycles. The zero-order chi connectivity index (χ0) is 22.8. The van der Waals surface area contributed by atoms with E-state index in [0.29, 0.717) is 26.2 Å². The standard InChI is InChI=1S/C23H11Cl4NO4/c24-13-5-7-15(17(26)10-13)21-28-19(23(30)32-21)9-12-3-1-2-4-20(12)31-22(29)16-8-6-14(25)11-18(16)27/h1-11H/b19-9+. The lowest BCUT2D eigenvalue weighted by Crippen LogP contribution is -2.10. The minimum atomic E-state index is -0.677. The van der Waals surface area contributed by atoms with Crippen molar-refractivity contribution in [2.24, 2.45) is 4.99 Å². The summed E-state index contributed by atoms with van der Waals surface area (Å²) < 4.78 is 10.7. The number of ether oxygens (including phenoxy) is 2. The number of rotatable bonds is 4. The molecule has 9 heteroatoms. The van der Waals surface area contributed by atoms with E-state index in [1.807, 2.05) is 0 Å². The Bertz CT molecular complexity index is 1320. The van der Waals surface area contributed by atoms with E-state index < -0.39 is 11.9 Å². The molecular weight excluding hydrogens is 496 g/mol. The largest absolute Gasteiger partial charge is 0.422 e. The molecule has 0 aromatic heterocycles. The van der Waals surface area contributed by atoms with Gasteiger partial charge in [-0.25, -0.2) is 14.6 Å². The monoisotopic (exact) mass is 505 g/mol. The summed E-state index contributed by atoms with van der Waals surface area (Å²) in [5.41, 5.74) is 1.02. The fourth-order valence-corrected chi connectivity index (χ4v) is 3.81. The Morgan fingerprint density at radius 1 is 0.906 bits per heavy atom. The van der Waals surface area contributed by atoms with Gasteiger partial charge in [-0.05, 0) is 48.5 Å². The molecule has 3 aromatic rings. The highest BCUT2D eigenvalue weighted by Gasteiger charge is 2.26. The molecule has 0 bridgehead atoms. The third kappa shape index (κ3) is 4.81. The predicted molar refractivity (Wildman–Crippen MR) is 125 cm³/mol. The summed E-state index contributed by atoms with van der Waals surface area (Å²) in [6.07, 6.45) is 1.45. The average Bonchev–Trinajstić information content (AvgIpc) is 3.09. The predicted octanol–water partition coefficient (Wildman–Crippen LogP) is 6.86. The van der Waals surface area contributed by atoms with Crippen molar-refractivity contribution < 1.29 is 19.1 Å². The number of halogens is 4. The normalized spacial score (nSPS) is 14.3. The number of carbonyl (C=O) groups is 2. The first-order chi connectivity index (χ1) is 15.3. The van der Waals surface area contributed by atoms with Crippen LogP contribution in [0.25, 0.3) is 6.08 Å². The maximum atomic E-state index is 12.6. The maximum Gasteiger partial charge on any atom is 0.363 e. The van der Waals surface area contributed by atoms with Gasteiger partial charge in [-0.2, -0.15) is 0 Å². The van der Waals surface area contributed by atoms with Crippen LogP contribution >= 0.6 is 46.4 Å².